The fourth-order valence-corrected chi connectivity index (χ4v) is 6.56. The summed E-state index contributed by atoms with van der Waals surface area (Å²) >= 11 is 1.40. The van der Waals surface area contributed by atoms with E-state index >= 15 is 0 Å². The number of ether oxygens (including phenoxy) is 1. The van der Waals surface area contributed by atoms with E-state index in [1.54, 1.807) is 12.1 Å². The van der Waals surface area contributed by atoms with E-state index in [4.69, 9.17) is 4.74 Å². The van der Waals surface area contributed by atoms with Crippen molar-refractivity contribution < 1.29 is 13.9 Å². The molecule has 0 radical (unpaired) electrons. The first kappa shape index (κ1) is 21.9. The van der Waals surface area contributed by atoms with Crippen molar-refractivity contribution >= 4 is 17.7 Å². The van der Waals surface area contributed by atoms with Gasteiger partial charge in [0, 0.05) is 18.2 Å². The molecule has 2 heterocycles. The molecule has 0 unspecified atom stereocenters. The summed E-state index contributed by atoms with van der Waals surface area (Å²) in [6.45, 7) is 3.55. The van der Waals surface area contributed by atoms with Crippen LogP contribution >= 0.6 is 11.8 Å². The quantitative estimate of drug-likeness (QED) is 0.598. The Kier molecular flexibility index (Phi) is 6.51. The number of nitrogens with one attached hydrogen (secondary N) is 1. The summed E-state index contributed by atoms with van der Waals surface area (Å²) in [5.41, 5.74) is 0.804. The summed E-state index contributed by atoms with van der Waals surface area (Å²) in [5.74, 6) is 3.03. The van der Waals surface area contributed by atoms with Crippen molar-refractivity contribution in [3.63, 3.8) is 0 Å². The van der Waals surface area contributed by atoms with Crippen LogP contribution in [-0.4, -0.2) is 45.2 Å². The van der Waals surface area contributed by atoms with Crippen LogP contribution in [0.3, 0.4) is 0 Å². The van der Waals surface area contributed by atoms with Gasteiger partial charge in [-0.2, -0.15) is 0 Å². The summed E-state index contributed by atoms with van der Waals surface area (Å²) < 4.78 is 21.2. The number of aromatic nitrogens is 3. The number of benzene rings is 1. The fourth-order valence-electron chi connectivity index (χ4n) is 5.80. The number of thioether (sulfide) groups is 1. The number of amides is 1. The van der Waals surface area contributed by atoms with Crippen LogP contribution in [0, 0.1) is 23.6 Å². The minimum Gasteiger partial charge on any atom is -0.376 e. The van der Waals surface area contributed by atoms with Crippen molar-refractivity contribution in [3.8, 4) is 11.4 Å². The molecule has 5 rings (SSSR count). The van der Waals surface area contributed by atoms with Gasteiger partial charge in [0.2, 0.25) is 5.91 Å². The molecule has 1 N–H and O–H groups in total. The monoisotopic (exact) mass is 458 g/mol. The van der Waals surface area contributed by atoms with Crippen molar-refractivity contribution in [3.05, 3.63) is 30.1 Å². The average molecular weight is 459 g/mol. The zero-order valence-corrected chi connectivity index (χ0v) is 19.3. The van der Waals surface area contributed by atoms with E-state index in [0.717, 1.165) is 36.8 Å². The van der Waals surface area contributed by atoms with Gasteiger partial charge in [-0.15, -0.1) is 10.2 Å². The molecular formula is C24H31FN4O2S. The maximum Gasteiger partial charge on any atom is 0.230 e. The Morgan fingerprint density at radius 1 is 1.25 bits per heavy atom. The first-order valence-electron chi connectivity index (χ1n) is 11.8. The summed E-state index contributed by atoms with van der Waals surface area (Å²) in [6.07, 6.45) is 7.44. The number of hydrogen-bond acceptors (Lipinski definition) is 5. The Morgan fingerprint density at radius 2 is 2.09 bits per heavy atom. The smallest absolute Gasteiger partial charge is 0.230 e. The molecule has 1 saturated heterocycles. The Balaban J connectivity index is 1.25. The molecule has 2 aromatic rings. The van der Waals surface area contributed by atoms with Gasteiger partial charge in [-0.3, -0.25) is 9.36 Å². The Morgan fingerprint density at radius 3 is 2.78 bits per heavy atom. The van der Waals surface area contributed by atoms with E-state index in [1.165, 1.54) is 49.6 Å². The molecule has 2 saturated carbocycles. The number of carbonyl (C=O) groups is 1. The highest BCUT2D eigenvalue weighted by Gasteiger charge is 2.42. The second kappa shape index (κ2) is 9.51. The van der Waals surface area contributed by atoms with Gasteiger partial charge >= 0.3 is 0 Å². The van der Waals surface area contributed by atoms with Gasteiger partial charge in [0.15, 0.2) is 11.0 Å². The molecule has 172 valence electrons. The van der Waals surface area contributed by atoms with E-state index in [2.05, 4.69) is 22.4 Å². The maximum atomic E-state index is 13.4. The third kappa shape index (κ3) is 4.71. The van der Waals surface area contributed by atoms with E-state index in [9.17, 15) is 9.18 Å². The predicted molar refractivity (Wildman–Crippen MR) is 122 cm³/mol. The second-order valence-corrected chi connectivity index (χ2v) is 10.5. The van der Waals surface area contributed by atoms with Gasteiger partial charge in [-0.05, 0) is 81.0 Å². The molecule has 2 bridgehead atoms. The number of fused-ring (bicyclic) bond motifs is 2. The first-order valence-corrected chi connectivity index (χ1v) is 12.8. The van der Waals surface area contributed by atoms with Crippen molar-refractivity contribution in [1.29, 1.82) is 0 Å². The van der Waals surface area contributed by atoms with Crippen molar-refractivity contribution in [2.24, 2.45) is 17.8 Å². The van der Waals surface area contributed by atoms with E-state index in [1.807, 2.05) is 4.57 Å². The van der Waals surface area contributed by atoms with Crippen LogP contribution in [0.5, 0.6) is 0 Å². The lowest BCUT2D eigenvalue weighted by Crippen LogP contribution is -2.41. The van der Waals surface area contributed by atoms with E-state index < -0.39 is 0 Å². The first-order chi connectivity index (χ1) is 15.6. The largest absolute Gasteiger partial charge is 0.376 e. The third-order valence-electron chi connectivity index (χ3n) is 7.39. The van der Waals surface area contributed by atoms with Gasteiger partial charge in [0.25, 0.3) is 0 Å². The lowest BCUT2D eigenvalue weighted by Gasteiger charge is -2.28. The molecule has 3 aliphatic rings. The summed E-state index contributed by atoms with van der Waals surface area (Å²) in [4.78, 5) is 12.7. The highest BCUT2D eigenvalue weighted by atomic mass is 32.2. The lowest BCUT2D eigenvalue weighted by atomic mass is 9.84. The van der Waals surface area contributed by atoms with Gasteiger partial charge in [0.05, 0.1) is 18.4 Å². The Labute approximate surface area is 192 Å². The molecule has 8 heteroatoms. The topological polar surface area (TPSA) is 69.0 Å². The van der Waals surface area contributed by atoms with Crippen molar-refractivity contribution in [2.45, 2.75) is 69.3 Å². The zero-order valence-electron chi connectivity index (χ0n) is 18.5. The van der Waals surface area contributed by atoms with Crippen LogP contribution in [0.1, 0.15) is 45.4 Å². The molecule has 32 heavy (non-hydrogen) atoms. The van der Waals surface area contributed by atoms with Crippen molar-refractivity contribution in [2.75, 3.05) is 12.4 Å². The van der Waals surface area contributed by atoms with Crippen LogP contribution in [-0.2, 0) is 16.1 Å². The van der Waals surface area contributed by atoms with E-state index in [0.29, 0.717) is 29.2 Å². The second-order valence-electron chi connectivity index (χ2n) is 9.54. The SMILES string of the molecule is C[C@@H](NC(=O)CSc1nnc(-c2ccc(F)cc2)n1C[C@H]1CCCO1)[C@@H]1C[C@@H]2CC[C@@H]1C2. The van der Waals surface area contributed by atoms with Crippen LogP contribution in [0.15, 0.2) is 29.4 Å². The molecule has 3 fully saturated rings. The summed E-state index contributed by atoms with van der Waals surface area (Å²) in [7, 11) is 0. The third-order valence-corrected chi connectivity index (χ3v) is 8.35. The zero-order chi connectivity index (χ0) is 22.1. The highest BCUT2D eigenvalue weighted by molar-refractivity contribution is 7.99. The summed E-state index contributed by atoms with van der Waals surface area (Å²) in [6, 6.07) is 6.50. The van der Waals surface area contributed by atoms with Gasteiger partial charge in [-0.25, -0.2) is 4.39 Å². The van der Waals surface area contributed by atoms with Crippen LogP contribution in [0.2, 0.25) is 0 Å². The minimum atomic E-state index is -0.283. The van der Waals surface area contributed by atoms with Crippen molar-refractivity contribution in [1.82, 2.24) is 20.1 Å². The normalized spacial score (nSPS) is 27.7. The Hall–Kier alpha value is -1.93. The summed E-state index contributed by atoms with van der Waals surface area (Å²) in [5, 5.41) is 12.7. The van der Waals surface area contributed by atoms with Crippen LogP contribution < -0.4 is 5.32 Å². The van der Waals surface area contributed by atoms with E-state index in [-0.39, 0.29) is 23.9 Å². The number of rotatable bonds is 8. The molecule has 6 nitrogen and oxygen atoms in total. The molecule has 0 spiro atoms. The average Bonchev–Trinajstić information content (AvgIpc) is 3.59. The molecule has 2 aliphatic carbocycles. The molecular weight excluding hydrogens is 427 g/mol. The minimum absolute atomic E-state index is 0.0419. The maximum absolute atomic E-state index is 13.4. The van der Waals surface area contributed by atoms with Crippen LogP contribution in [0.4, 0.5) is 4.39 Å². The number of hydrogen-bond donors (Lipinski definition) is 1. The lowest BCUT2D eigenvalue weighted by molar-refractivity contribution is -0.119. The molecule has 5 atom stereocenters. The Bertz CT molecular complexity index is 944. The molecule has 1 aromatic heterocycles. The van der Waals surface area contributed by atoms with Gasteiger partial charge in [-0.1, -0.05) is 18.2 Å². The fraction of sp³-hybridized carbons (Fsp3) is 0.625. The highest BCUT2D eigenvalue weighted by Crippen LogP contribution is 2.49. The molecule has 1 aromatic carbocycles. The van der Waals surface area contributed by atoms with Crippen LogP contribution in [0.25, 0.3) is 11.4 Å². The standard InChI is InChI=1S/C24H31FN4O2S/c1-15(21-12-16-4-5-18(21)11-16)26-22(30)14-32-24-28-27-23(17-6-8-19(25)9-7-17)29(24)13-20-3-2-10-31-20/h6-9,15-16,18,20-21H,2-5,10-14H2,1H3,(H,26,30)/t15-,16-,18-,20-,21+/m1/s1. The number of halogens is 1. The molecule has 1 amide bonds. The molecule has 1 aliphatic heterocycles. The van der Waals surface area contributed by atoms with Gasteiger partial charge in [0.1, 0.15) is 5.82 Å². The number of carbonyl (C=O) groups excluding carboxylic acids is 1. The van der Waals surface area contributed by atoms with Gasteiger partial charge < -0.3 is 10.1 Å². The predicted octanol–water partition coefficient (Wildman–Crippen LogP) is 4.30. The number of nitrogens with zero attached hydrogens (tertiary/aromatic N) is 3.